The summed E-state index contributed by atoms with van der Waals surface area (Å²) in [6, 6.07) is 11.5. The van der Waals surface area contributed by atoms with Gasteiger partial charge in [-0.15, -0.1) is 0 Å². The quantitative estimate of drug-likeness (QED) is 0.608. The van der Waals surface area contributed by atoms with E-state index >= 15 is 0 Å². The molecule has 0 aliphatic carbocycles. The van der Waals surface area contributed by atoms with Crippen molar-refractivity contribution in [3.05, 3.63) is 59.3 Å². The highest BCUT2D eigenvalue weighted by atomic mass is 32.2. The van der Waals surface area contributed by atoms with Crippen LogP contribution in [-0.2, 0) is 16.2 Å². The molecular weight excluding hydrogens is 429 g/mol. The second-order valence-corrected chi connectivity index (χ2v) is 9.45. The third kappa shape index (κ3) is 4.09. The Labute approximate surface area is 178 Å². The molecule has 31 heavy (non-hydrogen) atoms. The summed E-state index contributed by atoms with van der Waals surface area (Å²) >= 11 is 0. The number of hydrogen-bond donors (Lipinski definition) is 0. The first-order valence-corrected chi connectivity index (χ1v) is 11.2. The minimum atomic E-state index is -4.67. The predicted molar refractivity (Wildman–Crippen MR) is 111 cm³/mol. The standard InChI is InChI=1S/C21H21F3N4O2S/c1-14-7-8-18(15(2)13-14)31(29,30)28-11-9-27(10-12-28)20-19(21(22,23)24)25-16-5-3-4-6-17(16)26-20/h3-8,13H,9-12H2,1-2H3. The summed E-state index contributed by atoms with van der Waals surface area (Å²) in [6.45, 7) is 3.89. The zero-order valence-corrected chi connectivity index (χ0v) is 17.8. The molecule has 10 heteroatoms. The fourth-order valence-corrected chi connectivity index (χ4v) is 5.40. The average molecular weight is 450 g/mol. The Kier molecular flexibility index (Phi) is 5.38. The predicted octanol–water partition coefficient (Wildman–Crippen LogP) is 3.78. The Hall–Kier alpha value is -2.72. The zero-order chi connectivity index (χ0) is 22.4. The molecule has 164 valence electrons. The lowest BCUT2D eigenvalue weighted by Crippen LogP contribution is -2.49. The van der Waals surface area contributed by atoms with Gasteiger partial charge in [-0.2, -0.15) is 17.5 Å². The monoisotopic (exact) mass is 450 g/mol. The van der Waals surface area contributed by atoms with Gasteiger partial charge in [-0.25, -0.2) is 18.4 Å². The van der Waals surface area contributed by atoms with Gasteiger partial charge in [0.25, 0.3) is 0 Å². The van der Waals surface area contributed by atoms with Gasteiger partial charge in [-0.1, -0.05) is 29.8 Å². The molecule has 0 atom stereocenters. The lowest BCUT2D eigenvalue weighted by Gasteiger charge is -2.35. The number of fused-ring (bicyclic) bond motifs is 1. The topological polar surface area (TPSA) is 66.4 Å². The van der Waals surface area contributed by atoms with Crippen molar-refractivity contribution in [2.45, 2.75) is 24.9 Å². The number of anilines is 1. The van der Waals surface area contributed by atoms with Crippen LogP contribution in [0.2, 0.25) is 0 Å². The molecule has 1 fully saturated rings. The third-order valence-corrected chi connectivity index (χ3v) is 7.37. The van der Waals surface area contributed by atoms with E-state index in [2.05, 4.69) is 9.97 Å². The maximum Gasteiger partial charge on any atom is 0.437 e. The van der Waals surface area contributed by atoms with Crippen LogP contribution in [0.4, 0.5) is 19.0 Å². The highest BCUT2D eigenvalue weighted by molar-refractivity contribution is 7.89. The number of halogens is 3. The number of para-hydroxylation sites is 2. The van der Waals surface area contributed by atoms with Gasteiger partial charge >= 0.3 is 6.18 Å². The van der Waals surface area contributed by atoms with E-state index in [-0.39, 0.29) is 42.4 Å². The second-order valence-electron chi connectivity index (χ2n) is 7.54. The van der Waals surface area contributed by atoms with E-state index in [9.17, 15) is 21.6 Å². The van der Waals surface area contributed by atoms with E-state index in [4.69, 9.17) is 0 Å². The van der Waals surface area contributed by atoms with Crippen LogP contribution in [0.25, 0.3) is 11.0 Å². The molecule has 6 nitrogen and oxygen atoms in total. The highest BCUT2D eigenvalue weighted by Gasteiger charge is 2.40. The van der Waals surface area contributed by atoms with Crippen molar-refractivity contribution in [2.75, 3.05) is 31.1 Å². The summed E-state index contributed by atoms with van der Waals surface area (Å²) in [6.07, 6.45) is -4.67. The van der Waals surface area contributed by atoms with Gasteiger partial charge in [0.15, 0.2) is 11.5 Å². The minimum absolute atomic E-state index is 0.0570. The normalized spacial score (nSPS) is 16.1. The van der Waals surface area contributed by atoms with Gasteiger partial charge in [0, 0.05) is 26.2 Å². The van der Waals surface area contributed by atoms with Crippen molar-refractivity contribution in [2.24, 2.45) is 0 Å². The highest BCUT2D eigenvalue weighted by Crippen LogP contribution is 2.36. The molecule has 0 radical (unpaired) electrons. The molecule has 1 aromatic heterocycles. The van der Waals surface area contributed by atoms with Gasteiger partial charge in [0.1, 0.15) is 0 Å². The van der Waals surface area contributed by atoms with Crippen molar-refractivity contribution < 1.29 is 21.6 Å². The van der Waals surface area contributed by atoms with E-state index in [0.717, 1.165) is 5.56 Å². The van der Waals surface area contributed by atoms with E-state index in [1.54, 1.807) is 43.3 Å². The fourth-order valence-electron chi connectivity index (χ4n) is 3.77. The van der Waals surface area contributed by atoms with E-state index in [1.807, 2.05) is 6.92 Å². The van der Waals surface area contributed by atoms with Crippen molar-refractivity contribution in [3.63, 3.8) is 0 Å². The molecule has 3 aromatic rings. The van der Waals surface area contributed by atoms with Crippen LogP contribution in [-0.4, -0.2) is 48.9 Å². The van der Waals surface area contributed by atoms with Gasteiger partial charge < -0.3 is 4.90 Å². The van der Waals surface area contributed by atoms with Crippen LogP contribution in [0.1, 0.15) is 16.8 Å². The molecule has 0 unspecified atom stereocenters. The SMILES string of the molecule is Cc1ccc(S(=O)(=O)N2CCN(c3nc4ccccc4nc3C(F)(F)F)CC2)c(C)c1. The molecule has 1 aliphatic heterocycles. The summed E-state index contributed by atoms with van der Waals surface area (Å²) in [5, 5.41) is 0. The van der Waals surface area contributed by atoms with Crippen LogP contribution in [0.15, 0.2) is 47.4 Å². The Morgan fingerprint density at radius 1 is 0.903 bits per heavy atom. The van der Waals surface area contributed by atoms with Crippen molar-refractivity contribution in [1.29, 1.82) is 0 Å². The van der Waals surface area contributed by atoms with Crippen LogP contribution >= 0.6 is 0 Å². The van der Waals surface area contributed by atoms with Crippen LogP contribution in [0.5, 0.6) is 0 Å². The zero-order valence-electron chi connectivity index (χ0n) is 17.0. The summed E-state index contributed by atoms with van der Waals surface area (Å²) in [5.41, 5.74) is 1.06. The second kappa shape index (κ2) is 7.76. The number of aryl methyl sites for hydroxylation is 2. The van der Waals surface area contributed by atoms with E-state index in [0.29, 0.717) is 11.1 Å². The fraction of sp³-hybridized carbons (Fsp3) is 0.333. The van der Waals surface area contributed by atoms with Gasteiger partial charge in [-0.05, 0) is 37.6 Å². The molecule has 0 bridgehead atoms. The van der Waals surface area contributed by atoms with Crippen molar-refractivity contribution in [3.8, 4) is 0 Å². The largest absolute Gasteiger partial charge is 0.437 e. The molecule has 0 N–H and O–H groups in total. The molecule has 2 aromatic carbocycles. The number of alkyl halides is 3. The van der Waals surface area contributed by atoms with E-state index in [1.165, 1.54) is 15.3 Å². The molecule has 1 saturated heterocycles. The number of piperazine rings is 1. The van der Waals surface area contributed by atoms with Crippen molar-refractivity contribution >= 4 is 26.9 Å². The Bertz CT molecular complexity index is 1240. The molecule has 4 rings (SSSR count). The smallest absolute Gasteiger partial charge is 0.352 e. The number of benzene rings is 2. The van der Waals surface area contributed by atoms with Gasteiger partial charge in [0.05, 0.1) is 15.9 Å². The molecule has 0 amide bonds. The number of hydrogen-bond acceptors (Lipinski definition) is 5. The maximum absolute atomic E-state index is 13.7. The Morgan fingerprint density at radius 3 is 2.10 bits per heavy atom. The first kappa shape index (κ1) is 21.5. The maximum atomic E-state index is 13.7. The number of rotatable bonds is 3. The molecule has 0 saturated carbocycles. The molecule has 1 aliphatic rings. The minimum Gasteiger partial charge on any atom is -0.352 e. The molecule has 2 heterocycles. The Balaban J connectivity index is 1.62. The summed E-state index contributed by atoms with van der Waals surface area (Å²) in [4.78, 5) is 9.68. The van der Waals surface area contributed by atoms with Gasteiger partial charge in [0.2, 0.25) is 10.0 Å². The lowest BCUT2D eigenvalue weighted by molar-refractivity contribution is -0.140. The molecular formula is C21H21F3N4O2S. The van der Waals surface area contributed by atoms with Crippen LogP contribution < -0.4 is 4.90 Å². The van der Waals surface area contributed by atoms with Crippen molar-refractivity contribution in [1.82, 2.24) is 14.3 Å². The third-order valence-electron chi connectivity index (χ3n) is 5.31. The first-order valence-electron chi connectivity index (χ1n) is 9.74. The van der Waals surface area contributed by atoms with Crippen LogP contribution in [0, 0.1) is 13.8 Å². The van der Waals surface area contributed by atoms with E-state index < -0.39 is 21.9 Å². The van der Waals surface area contributed by atoms with Crippen LogP contribution in [0.3, 0.4) is 0 Å². The average Bonchev–Trinajstić information content (AvgIpc) is 2.72. The first-order chi connectivity index (χ1) is 14.6. The number of sulfonamides is 1. The number of nitrogens with zero attached hydrogens (tertiary/aromatic N) is 4. The lowest BCUT2D eigenvalue weighted by atomic mass is 10.2. The summed E-state index contributed by atoms with van der Waals surface area (Å²) < 4.78 is 68.4. The Morgan fingerprint density at radius 2 is 1.52 bits per heavy atom. The van der Waals surface area contributed by atoms with Gasteiger partial charge in [-0.3, -0.25) is 0 Å². The summed E-state index contributed by atoms with van der Waals surface area (Å²) in [7, 11) is -3.74. The number of aromatic nitrogens is 2. The molecule has 0 spiro atoms. The summed E-state index contributed by atoms with van der Waals surface area (Å²) in [5.74, 6) is -0.269.